The number of para-hydroxylation sites is 1. The summed E-state index contributed by atoms with van der Waals surface area (Å²) in [7, 11) is 0. The number of nitrogens with one attached hydrogen (secondary N) is 2. The van der Waals surface area contributed by atoms with Crippen LogP contribution in [0.1, 0.15) is 6.92 Å². The molecule has 4 nitrogen and oxygen atoms in total. The first-order chi connectivity index (χ1) is 9.61. The number of fused-ring (bicyclic) bond motifs is 1. The number of rotatable bonds is 5. The Balaban J connectivity index is 2.21. The molecule has 2 N–H and O–H groups in total. The fourth-order valence-corrected chi connectivity index (χ4v) is 2.22. The van der Waals surface area contributed by atoms with Crippen molar-refractivity contribution in [3.05, 3.63) is 47.6 Å². The van der Waals surface area contributed by atoms with E-state index in [1.807, 2.05) is 31.2 Å². The van der Waals surface area contributed by atoms with Gasteiger partial charge in [-0.25, -0.2) is 0 Å². The average molecular weight is 334 g/mol. The molecule has 0 saturated carbocycles. The van der Waals surface area contributed by atoms with Gasteiger partial charge in [-0.05, 0) is 35.0 Å². The molecule has 2 aromatic rings. The van der Waals surface area contributed by atoms with E-state index < -0.39 is 0 Å². The van der Waals surface area contributed by atoms with Crippen molar-refractivity contribution in [3.63, 3.8) is 0 Å². The zero-order valence-electron chi connectivity index (χ0n) is 11.2. The molecule has 104 valence electrons. The first-order valence-corrected chi connectivity index (χ1v) is 7.10. The number of nitrogens with zero attached hydrogens (tertiary/aromatic N) is 1. The summed E-state index contributed by atoms with van der Waals surface area (Å²) >= 11 is 3.40. The number of benzene rings is 1. The lowest BCUT2D eigenvalue weighted by Crippen LogP contribution is -2.37. The normalized spacial score (nSPS) is 11.9. The van der Waals surface area contributed by atoms with Crippen LogP contribution in [0.15, 0.2) is 47.6 Å². The molecule has 1 aromatic carbocycles. The van der Waals surface area contributed by atoms with Crippen LogP contribution in [-0.4, -0.2) is 23.5 Å². The molecule has 0 radical (unpaired) electrons. The van der Waals surface area contributed by atoms with Crippen LogP contribution in [0.3, 0.4) is 0 Å². The summed E-state index contributed by atoms with van der Waals surface area (Å²) in [6.45, 7) is 5.86. The highest BCUT2D eigenvalue weighted by atomic mass is 79.9. The summed E-state index contributed by atoms with van der Waals surface area (Å²) in [5.41, 5.74) is 1.69. The SMILES string of the molecule is C=CCNC(=O)C(C)Nc1cccc2cc(Br)cnc12. The third-order valence-corrected chi connectivity index (χ3v) is 3.30. The maximum absolute atomic E-state index is 11.8. The van der Waals surface area contributed by atoms with E-state index in [2.05, 4.69) is 38.1 Å². The van der Waals surface area contributed by atoms with Crippen LogP contribution >= 0.6 is 15.9 Å². The van der Waals surface area contributed by atoms with Gasteiger partial charge in [-0.2, -0.15) is 0 Å². The molecular weight excluding hydrogens is 318 g/mol. The minimum absolute atomic E-state index is 0.0704. The van der Waals surface area contributed by atoms with Crippen molar-refractivity contribution in [1.82, 2.24) is 10.3 Å². The predicted molar refractivity (Wildman–Crippen MR) is 85.7 cm³/mol. The Kier molecular flexibility index (Phi) is 4.74. The Labute approximate surface area is 126 Å². The van der Waals surface area contributed by atoms with E-state index in [-0.39, 0.29) is 11.9 Å². The number of pyridine rings is 1. The average Bonchev–Trinajstić information content (AvgIpc) is 2.44. The summed E-state index contributed by atoms with van der Waals surface area (Å²) in [5, 5.41) is 6.97. The van der Waals surface area contributed by atoms with Gasteiger partial charge in [0.05, 0.1) is 11.2 Å². The van der Waals surface area contributed by atoms with E-state index in [1.165, 1.54) is 0 Å². The zero-order valence-corrected chi connectivity index (χ0v) is 12.8. The summed E-state index contributed by atoms with van der Waals surface area (Å²) in [4.78, 5) is 16.2. The van der Waals surface area contributed by atoms with Gasteiger partial charge in [-0.1, -0.05) is 18.2 Å². The van der Waals surface area contributed by atoms with Crippen molar-refractivity contribution in [2.24, 2.45) is 0 Å². The first kappa shape index (κ1) is 14.5. The van der Waals surface area contributed by atoms with Gasteiger partial charge < -0.3 is 10.6 Å². The van der Waals surface area contributed by atoms with E-state index in [4.69, 9.17) is 0 Å². The maximum Gasteiger partial charge on any atom is 0.242 e. The number of halogens is 1. The van der Waals surface area contributed by atoms with Gasteiger partial charge in [0.2, 0.25) is 5.91 Å². The molecule has 5 heteroatoms. The monoisotopic (exact) mass is 333 g/mol. The second-order valence-electron chi connectivity index (χ2n) is 4.43. The number of anilines is 1. The molecule has 0 bridgehead atoms. The Morgan fingerprint density at radius 3 is 3.10 bits per heavy atom. The maximum atomic E-state index is 11.8. The number of hydrogen-bond donors (Lipinski definition) is 2. The number of carbonyl (C=O) groups is 1. The van der Waals surface area contributed by atoms with Gasteiger partial charge >= 0.3 is 0 Å². The lowest BCUT2D eigenvalue weighted by atomic mass is 10.1. The van der Waals surface area contributed by atoms with E-state index in [0.717, 1.165) is 21.1 Å². The molecule has 1 unspecified atom stereocenters. The zero-order chi connectivity index (χ0) is 14.5. The smallest absolute Gasteiger partial charge is 0.242 e. The van der Waals surface area contributed by atoms with Gasteiger partial charge in [-0.15, -0.1) is 6.58 Å². The summed E-state index contributed by atoms with van der Waals surface area (Å²) in [5.74, 6) is -0.0704. The highest BCUT2D eigenvalue weighted by Gasteiger charge is 2.13. The summed E-state index contributed by atoms with van der Waals surface area (Å²) < 4.78 is 0.930. The Hall–Kier alpha value is -1.88. The predicted octanol–water partition coefficient (Wildman–Crippen LogP) is 3.10. The van der Waals surface area contributed by atoms with Crippen LogP contribution in [0.2, 0.25) is 0 Å². The summed E-state index contributed by atoms with van der Waals surface area (Å²) in [6.07, 6.45) is 3.40. The fraction of sp³-hybridized carbons (Fsp3) is 0.200. The van der Waals surface area contributed by atoms with E-state index in [0.29, 0.717) is 6.54 Å². The number of aromatic nitrogens is 1. The molecule has 1 amide bonds. The van der Waals surface area contributed by atoms with E-state index in [1.54, 1.807) is 12.3 Å². The second kappa shape index (κ2) is 6.52. The Bertz CT molecular complexity index is 642. The first-order valence-electron chi connectivity index (χ1n) is 6.31. The molecule has 0 spiro atoms. The topological polar surface area (TPSA) is 54.0 Å². The molecule has 0 saturated heterocycles. The Morgan fingerprint density at radius 1 is 1.55 bits per heavy atom. The molecule has 0 aliphatic rings. The molecule has 1 aromatic heterocycles. The van der Waals surface area contributed by atoms with Crippen LogP contribution < -0.4 is 10.6 Å². The van der Waals surface area contributed by atoms with Crippen molar-refractivity contribution in [2.45, 2.75) is 13.0 Å². The molecule has 0 fully saturated rings. The number of carbonyl (C=O) groups excluding carboxylic acids is 1. The van der Waals surface area contributed by atoms with Gasteiger partial charge in [0.15, 0.2) is 0 Å². The lowest BCUT2D eigenvalue weighted by molar-refractivity contribution is -0.121. The third-order valence-electron chi connectivity index (χ3n) is 2.86. The largest absolute Gasteiger partial charge is 0.372 e. The van der Waals surface area contributed by atoms with Crippen LogP contribution in [-0.2, 0) is 4.79 Å². The molecule has 1 atom stereocenters. The highest BCUT2D eigenvalue weighted by molar-refractivity contribution is 9.10. The van der Waals surface area contributed by atoms with Crippen molar-refractivity contribution in [2.75, 3.05) is 11.9 Å². The van der Waals surface area contributed by atoms with Crippen LogP contribution in [0, 0.1) is 0 Å². The van der Waals surface area contributed by atoms with E-state index >= 15 is 0 Å². The second-order valence-corrected chi connectivity index (χ2v) is 5.35. The third kappa shape index (κ3) is 3.36. The molecule has 2 rings (SSSR count). The lowest BCUT2D eigenvalue weighted by Gasteiger charge is -2.16. The minimum Gasteiger partial charge on any atom is -0.372 e. The summed E-state index contributed by atoms with van der Waals surface area (Å²) in [6, 6.07) is 7.50. The van der Waals surface area contributed by atoms with Gasteiger partial charge in [0.25, 0.3) is 0 Å². The highest BCUT2D eigenvalue weighted by Crippen LogP contribution is 2.24. The van der Waals surface area contributed by atoms with Crippen LogP contribution in [0.5, 0.6) is 0 Å². The van der Waals surface area contributed by atoms with Crippen molar-refractivity contribution < 1.29 is 4.79 Å². The molecule has 0 aliphatic carbocycles. The minimum atomic E-state index is -0.342. The Morgan fingerprint density at radius 2 is 2.35 bits per heavy atom. The van der Waals surface area contributed by atoms with Gasteiger partial charge in [0.1, 0.15) is 6.04 Å². The number of hydrogen-bond acceptors (Lipinski definition) is 3. The van der Waals surface area contributed by atoms with Crippen molar-refractivity contribution in [1.29, 1.82) is 0 Å². The fourth-order valence-electron chi connectivity index (χ4n) is 1.88. The van der Waals surface area contributed by atoms with Gasteiger partial charge in [0, 0.05) is 22.6 Å². The van der Waals surface area contributed by atoms with Crippen LogP contribution in [0.25, 0.3) is 10.9 Å². The molecular formula is C15H16BrN3O. The molecule has 0 aliphatic heterocycles. The van der Waals surface area contributed by atoms with Crippen molar-refractivity contribution >= 4 is 38.4 Å². The van der Waals surface area contributed by atoms with Crippen LogP contribution in [0.4, 0.5) is 5.69 Å². The van der Waals surface area contributed by atoms with Crippen molar-refractivity contribution in [3.8, 4) is 0 Å². The number of amides is 1. The van der Waals surface area contributed by atoms with E-state index in [9.17, 15) is 4.79 Å². The quantitative estimate of drug-likeness (QED) is 0.826. The molecule has 20 heavy (non-hydrogen) atoms. The molecule has 1 heterocycles. The standard InChI is InChI=1S/C15H16BrN3O/c1-3-7-17-15(20)10(2)19-13-6-4-5-11-8-12(16)9-18-14(11)13/h3-6,8-10,19H,1,7H2,2H3,(H,17,20). The van der Waals surface area contributed by atoms with Gasteiger partial charge in [-0.3, -0.25) is 9.78 Å².